The molecule has 1 heterocycles. The van der Waals surface area contributed by atoms with Gasteiger partial charge in [0.25, 0.3) is 0 Å². The summed E-state index contributed by atoms with van der Waals surface area (Å²) in [5.41, 5.74) is 4.94. The maximum absolute atomic E-state index is 13.7. The fourth-order valence-electron chi connectivity index (χ4n) is 5.55. The molecule has 142 valence electrons. The predicted molar refractivity (Wildman–Crippen MR) is 115 cm³/mol. The van der Waals surface area contributed by atoms with Gasteiger partial charge in [0.1, 0.15) is 0 Å². The lowest BCUT2D eigenvalue weighted by atomic mass is 9.55. The molecule has 29 heavy (non-hydrogen) atoms. The first-order valence-corrected chi connectivity index (χ1v) is 10.7. The monoisotopic (exact) mass is 463 g/mol. The standard InChI is InChI=1S/C24H15BrClNO2/c25-24-17-10-3-1-8-15(17)19(16-9-2-4-11-18(16)24)20-21(24)23(29)27(22(20)28)14-7-5-6-13(26)12-14/h1-12,19-21H/t19?,20-,21-,24?/m0/s1. The summed E-state index contributed by atoms with van der Waals surface area (Å²) in [5, 5.41) is 0.501. The van der Waals surface area contributed by atoms with Crippen LogP contribution in [0.5, 0.6) is 0 Å². The van der Waals surface area contributed by atoms with Crippen molar-refractivity contribution in [1.82, 2.24) is 0 Å². The molecule has 0 aromatic heterocycles. The molecule has 0 spiro atoms. The van der Waals surface area contributed by atoms with E-state index in [1.165, 1.54) is 4.90 Å². The number of amides is 2. The molecule has 0 radical (unpaired) electrons. The van der Waals surface area contributed by atoms with Gasteiger partial charge in [-0.1, -0.05) is 82.1 Å². The number of benzene rings is 3. The molecule has 0 unspecified atom stereocenters. The summed E-state index contributed by atoms with van der Waals surface area (Å²) in [6.45, 7) is 0. The van der Waals surface area contributed by atoms with Gasteiger partial charge in [0, 0.05) is 10.9 Å². The van der Waals surface area contributed by atoms with Crippen molar-refractivity contribution in [2.24, 2.45) is 11.8 Å². The molecule has 3 aliphatic carbocycles. The number of rotatable bonds is 1. The summed E-state index contributed by atoms with van der Waals surface area (Å²) in [5.74, 6) is -1.39. The Hall–Kier alpha value is -2.43. The molecule has 1 fully saturated rings. The Balaban J connectivity index is 1.63. The van der Waals surface area contributed by atoms with Crippen molar-refractivity contribution >= 4 is 45.0 Å². The van der Waals surface area contributed by atoms with E-state index in [0.717, 1.165) is 22.3 Å². The van der Waals surface area contributed by atoms with Crippen molar-refractivity contribution in [2.75, 3.05) is 4.90 Å². The summed E-state index contributed by atoms with van der Waals surface area (Å²) in [4.78, 5) is 28.7. The van der Waals surface area contributed by atoms with Crippen molar-refractivity contribution in [3.63, 3.8) is 0 Å². The van der Waals surface area contributed by atoms with Gasteiger partial charge in [-0.2, -0.15) is 0 Å². The number of nitrogens with zero attached hydrogens (tertiary/aromatic N) is 1. The van der Waals surface area contributed by atoms with E-state index in [4.69, 9.17) is 11.6 Å². The number of hydrogen-bond acceptors (Lipinski definition) is 2. The molecule has 4 aliphatic rings. The molecule has 0 saturated carbocycles. The van der Waals surface area contributed by atoms with Crippen LogP contribution in [0.4, 0.5) is 5.69 Å². The van der Waals surface area contributed by atoms with Crippen LogP contribution in [0.3, 0.4) is 0 Å². The van der Waals surface area contributed by atoms with E-state index < -0.39 is 16.2 Å². The molecule has 3 aromatic carbocycles. The molecular weight excluding hydrogens is 450 g/mol. The molecule has 1 aliphatic heterocycles. The zero-order valence-corrected chi connectivity index (χ0v) is 17.5. The number of carbonyl (C=O) groups is 2. The van der Waals surface area contributed by atoms with Gasteiger partial charge in [-0.05, 0) is 40.5 Å². The van der Waals surface area contributed by atoms with Crippen LogP contribution < -0.4 is 4.90 Å². The lowest BCUT2D eigenvalue weighted by Gasteiger charge is -2.51. The Morgan fingerprint density at radius 3 is 2.07 bits per heavy atom. The second kappa shape index (κ2) is 5.80. The number of halogens is 2. The van der Waals surface area contributed by atoms with E-state index in [1.54, 1.807) is 24.3 Å². The maximum Gasteiger partial charge on any atom is 0.239 e. The third kappa shape index (κ3) is 2.03. The van der Waals surface area contributed by atoms with E-state index in [1.807, 2.05) is 24.3 Å². The van der Waals surface area contributed by atoms with Crippen LogP contribution in [0.25, 0.3) is 0 Å². The fraction of sp³-hybridized carbons (Fsp3) is 0.167. The second-order valence-corrected chi connectivity index (χ2v) is 9.55. The van der Waals surface area contributed by atoms with Crippen molar-refractivity contribution in [3.8, 4) is 0 Å². The van der Waals surface area contributed by atoms with Crippen molar-refractivity contribution in [3.05, 3.63) is 100 Å². The molecule has 7 rings (SSSR count). The Kier molecular flexibility index (Phi) is 3.49. The SMILES string of the molecule is O=C1[C@@H]2[C@@H](C(=O)N1c1cccc(Cl)c1)C1c3ccccc3C2(Br)c2ccccc21. The number of imide groups is 1. The summed E-state index contributed by atoms with van der Waals surface area (Å²) in [7, 11) is 0. The van der Waals surface area contributed by atoms with Crippen molar-refractivity contribution in [2.45, 2.75) is 10.2 Å². The van der Waals surface area contributed by atoms with E-state index >= 15 is 0 Å². The molecule has 3 aromatic rings. The minimum atomic E-state index is -0.723. The van der Waals surface area contributed by atoms with Crippen molar-refractivity contribution < 1.29 is 9.59 Å². The maximum atomic E-state index is 13.7. The Labute approximate surface area is 181 Å². The first-order chi connectivity index (χ1) is 14.0. The summed E-state index contributed by atoms with van der Waals surface area (Å²) >= 11 is 10.2. The number of alkyl halides is 1. The van der Waals surface area contributed by atoms with E-state index in [9.17, 15) is 9.59 Å². The zero-order chi connectivity index (χ0) is 19.9. The Bertz CT molecular complexity index is 1180. The van der Waals surface area contributed by atoms with Gasteiger partial charge in [0.15, 0.2) is 0 Å². The van der Waals surface area contributed by atoms with Gasteiger partial charge in [-0.15, -0.1) is 0 Å². The molecule has 0 N–H and O–H groups in total. The predicted octanol–water partition coefficient (Wildman–Crippen LogP) is 5.24. The first kappa shape index (κ1) is 17.4. The highest BCUT2D eigenvalue weighted by molar-refractivity contribution is 9.09. The topological polar surface area (TPSA) is 37.4 Å². The van der Waals surface area contributed by atoms with Crippen LogP contribution >= 0.6 is 27.5 Å². The van der Waals surface area contributed by atoms with Crippen molar-refractivity contribution in [1.29, 1.82) is 0 Å². The summed E-state index contributed by atoms with van der Waals surface area (Å²) < 4.78 is -0.723. The van der Waals surface area contributed by atoms with Crippen LogP contribution in [0.1, 0.15) is 28.2 Å². The minimum Gasteiger partial charge on any atom is -0.274 e. The van der Waals surface area contributed by atoms with Gasteiger partial charge in [0.05, 0.1) is 21.8 Å². The highest BCUT2D eigenvalue weighted by atomic mass is 79.9. The third-order valence-electron chi connectivity index (χ3n) is 6.58. The van der Waals surface area contributed by atoms with E-state index in [-0.39, 0.29) is 17.7 Å². The van der Waals surface area contributed by atoms with E-state index in [2.05, 4.69) is 40.2 Å². The van der Waals surface area contributed by atoms with Gasteiger partial charge in [-0.25, -0.2) is 4.90 Å². The third-order valence-corrected chi connectivity index (χ3v) is 8.16. The lowest BCUT2D eigenvalue weighted by molar-refractivity contribution is -0.122. The Morgan fingerprint density at radius 1 is 0.828 bits per heavy atom. The lowest BCUT2D eigenvalue weighted by Crippen LogP contribution is -2.50. The first-order valence-electron chi connectivity index (χ1n) is 9.54. The van der Waals surface area contributed by atoms with Crippen LogP contribution in [0.2, 0.25) is 5.02 Å². The molecule has 2 atom stereocenters. The largest absolute Gasteiger partial charge is 0.274 e. The minimum absolute atomic E-state index is 0.132. The fourth-order valence-corrected chi connectivity index (χ4v) is 6.94. The molecule has 2 amide bonds. The quantitative estimate of drug-likeness (QED) is 0.365. The molecule has 3 nitrogen and oxygen atoms in total. The normalized spacial score (nSPS) is 28.9. The van der Waals surface area contributed by atoms with Gasteiger partial charge >= 0.3 is 0 Å². The van der Waals surface area contributed by atoms with Gasteiger partial charge < -0.3 is 0 Å². The van der Waals surface area contributed by atoms with Gasteiger partial charge in [-0.3, -0.25) is 9.59 Å². The molecular formula is C24H15BrClNO2. The number of carbonyl (C=O) groups excluding carboxylic acids is 2. The average Bonchev–Trinajstić information content (AvgIpc) is 3.00. The number of anilines is 1. The smallest absolute Gasteiger partial charge is 0.239 e. The molecule has 1 saturated heterocycles. The number of hydrogen-bond donors (Lipinski definition) is 0. The van der Waals surface area contributed by atoms with Crippen LogP contribution in [-0.2, 0) is 13.9 Å². The summed E-state index contributed by atoms with van der Waals surface area (Å²) in [6.07, 6.45) is 0. The molecule has 5 heteroatoms. The molecule has 2 bridgehead atoms. The highest BCUT2D eigenvalue weighted by Crippen LogP contribution is 2.66. The van der Waals surface area contributed by atoms with Crippen LogP contribution in [0.15, 0.2) is 72.8 Å². The Morgan fingerprint density at radius 2 is 1.45 bits per heavy atom. The van der Waals surface area contributed by atoms with Crippen LogP contribution in [-0.4, -0.2) is 11.8 Å². The van der Waals surface area contributed by atoms with Crippen LogP contribution in [0, 0.1) is 11.8 Å². The van der Waals surface area contributed by atoms with E-state index in [0.29, 0.717) is 10.7 Å². The second-order valence-electron chi connectivity index (χ2n) is 7.86. The van der Waals surface area contributed by atoms with Gasteiger partial charge in [0.2, 0.25) is 11.8 Å². The average molecular weight is 465 g/mol. The summed E-state index contributed by atoms with van der Waals surface area (Å²) in [6, 6.07) is 23.3. The highest BCUT2D eigenvalue weighted by Gasteiger charge is 2.67. The zero-order valence-electron chi connectivity index (χ0n) is 15.2.